The van der Waals surface area contributed by atoms with Crippen molar-refractivity contribution in [3.63, 3.8) is 0 Å². The summed E-state index contributed by atoms with van der Waals surface area (Å²) in [5.74, 6) is -0.587. The average molecular weight is 302 g/mol. The molecule has 0 radical (unpaired) electrons. The highest BCUT2D eigenvalue weighted by atomic mass is 32.2. The second-order valence-electron chi connectivity index (χ2n) is 6.13. The number of rotatable bonds is 2. The number of allylic oxidation sites excluding steroid dienone is 4. The lowest BCUT2D eigenvalue weighted by molar-refractivity contribution is -0.115. The summed E-state index contributed by atoms with van der Waals surface area (Å²) in [6.45, 7) is 7.55. The number of carbonyl (C=O) groups excluding carboxylic acids is 2. The van der Waals surface area contributed by atoms with Gasteiger partial charge >= 0.3 is 0 Å². The van der Waals surface area contributed by atoms with Gasteiger partial charge in [0.2, 0.25) is 0 Å². The molecule has 0 bridgehead atoms. The molecule has 0 amide bonds. The predicted octanol–water partition coefficient (Wildman–Crippen LogP) is 3.11. The Morgan fingerprint density at radius 1 is 0.905 bits per heavy atom. The van der Waals surface area contributed by atoms with Gasteiger partial charge in [-0.3, -0.25) is 9.59 Å². The maximum Gasteiger partial charge on any atom is 0.195 e. The van der Waals surface area contributed by atoms with Gasteiger partial charge in [-0.1, -0.05) is 38.5 Å². The highest BCUT2D eigenvalue weighted by molar-refractivity contribution is 7.90. The Bertz CT molecular complexity index is 686. The van der Waals surface area contributed by atoms with E-state index in [1.54, 1.807) is 12.1 Å². The zero-order valence-corrected chi connectivity index (χ0v) is 13.4. The second kappa shape index (κ2) is 5.53. The lowest BCUT2D eigenvalue weighted by Gasteiger charge is -2.23. The van der Waals surface area contributed by atoms with Gasteiger partial charge in [0, 0.05) is 16.5 Å². The minimum absolute atomic E-state index is 0.0526. The first kappa shape index (κ1) is 15.6. The van der Waals surface area contributed by atoms with Crippen molar-refractivity contribution in [1.29, 1.82) is 0 Å². The summed E-state index contributed by atoms with van der Waals surface area (Å²) in [6, 6.07) is 7.10. The van der Waals surface area contributed by atoms with Crippen molar-refractivity contribution < 1.29 is 13.8 Å². The van der Waals surface area contributed by atoms with Gasteiger partial charge in [0.1, 0.15) is 0 Å². The van der Waals surface area contributed by atoms with E-state index < -0.39 is 16.2 Å². The molecule has 110 valence electrons. The number of aryl methyl sites for hydroxylation is 1. The van der Waals surface area contributed by atoms with E-state index in [-0.39, 0.29) is 16.5 Å². The maximum atomic E-state index is 12.5. The first-order chi connectivity index (χ1) is 9.70. The van der Waals surface area contributed by atoms with Crippen molar-refractivity contribution in [2.24, 2.45) is 5.41 Å². The Morgan fingerprint density at radius 2 is 1.48 bits per heavy atom. The van der Waals surface area contributed by atoms with Crippen molar-refractivity contribution in [3.05, 3.63) is 52.5 Å². The quantitative estimate of drug-likeness (QED) is 0.789. The maximum absolute atomic E-state index is 12.5. The summed E-state index contributed by atoms with van der Waals surface area (Å²) in [5, 5.41) is 0. The van der Waals surface area contributed by atoms with Gasteiger partial charge in [0.15, 0.2) is 11.6 Å². The van der Waals surface area contributed by atoms with Crippen LogP contribution >= 0.6 is 0 Å². The normalized spacial score (nSPS) is 17.3. The van der Waals surface area contributed by atoms with Crippen LogP contribution in [0.4, 0.5) is 0 Å². The van der Waals surface area contributed by atoms with Gasteiger partial charge in [-0.2, -0.15) is 0 Å². The van der Waals surface area contributed by atoms with Gasteiger partial charge < -0.3 is 0 Å². The van der Waals surface area contributed by atoms with Crippen LogP contribution in [0.15, 0.2) is 51.8 Å². The Hall–Kier alpha value is -1.81. The van der Waals surface area contributed by atoms with Gasteiger partial charge in [-0.05, 0) is 30.5 Å². The molecule has 1 aliphatic carbocycles. The molecule has 1 aromatic carbocycles. The molecule has 21 heavy (non-hydrogen) atoms. The molecular formula is C17H18O3S. The van der Waals surface area contributed by atoms with E-state index in [4.69, 9.17) is 0 Å². The molecule has 0 N–H and O–H groups in total. The van der Waals surface area contributed by atoms with Crippen LogP contribution in [0.25, 0.3) is 0 Å². The molecule has 0 spiro atoms. The zero-order valence-electron chi connectivity index (χ0n) is 12.6. The number of ketones is 2. The van der Waals surface area contributed by atoms with Crippen molar-refractivity contribution in [3.8, 4) is 0 Å². The lowest BCUT2D eigenvalue weighted by Crippen LogP contribution is -2.24. The van der Waals surface area contributed by atoms with Crippen LogP contribution in [0.3, 0.4) is 0 Å². The zero-order chi connectivity index (χ0) is 15.8. The van der Waals surface area contributed by atoms with Crippen molar-refractivity contribution in [2.45, 2.75) is 32.6 Å². The van der Waals surface area contributed by atoms with Crippen LogP contribution in [-0.4, -0.2) is 15.8 Å². The third-order valence-electron chi connectivity index (χ3n) is 3.29. The largest absolute Gasteiger partial charge is 0.290 e. The molecule has 0 aromatic heterocycles. The van der Waals surface area contributed by atoms with Crippen molar-refractivity contribution in [2.75, 3.05) is 0 Å². The molecule has 4 heteroatoms. The Morgan fingerprint density at radius 3 is 2.00 bits per heavy atom. The third kappa shape index (κ3) is 3.27. The molecule has 0 saturated heterocycles. The smallest absolute Gasteiger partial charge is 0.195 e. The molecule has 0 heterocycles. The van der Waals surface area contributed by atoms with E-state index in [9.17, 15) is 13.8 Å². The van der Waals surface area contributed by atoms with Crippen molar-refractivity contribution >= 4 is 22.4 Å². The van der Waals surface area contributed by atoms with E-state index in [1.807, 2.05) is 39.8 Å². The van der Waals surface area contributed by atoms with Crippen molar-refractivity contribution in [1.82, 2.24) is 0 Å². The molecule has 1 atom stereocenters. The van der Waals surface area contributed by atoms with E-state index in [2.05, 4.69) is 0 Å². The summed E-state index contributed by atoms with van der Waals surface area (Å²) in [5.41, 5.74) is 1.10. The average Bonchev–Trinajstić information content (AvgIpc) is 2.40. The molecular weight excluding hydrogens is 284 g/mol. The van der Waals surface area contributed by atoms with Gasteiger partial charge in [0.25, 0.3) is 0 Å². The van der Waals surface area contributed by atoms with Crippen LogP contribution in [0.1, 0.15) is 26.3 Å². The second-order valence-corrected chi connectivity index (χ2v) is 7.58. The molecule has 0 fully saturated rings. The standard InChI is InChI=1S/C17H18O3S/c1-11-5-7-12(8-6-11)21(20)16-10-14(18)13(9-15(16)19)17(2,3)4/h5-10H,1-4H3. The Kier molecular flexibility index (Phi) is 4.10. The predicted molar refractivity (Wildman–Crippen MR) is 83.2 cm³/mol. The van der Waals surface area contributed by atoms with E-state index in [0.29, 0.717) is 10.5 Å². The minimum atomic E-state index is -1.62. The molecule has 1 aromatic rings. The van der Waals surface area contributed by atoms with E-state index in [0.717, 1.165) is 5.56 Å². The molecule has 1 aliphatic rings. The SMILES string of the molecule is Cc1ccc(S(=O)C2=CC(=O)C(C(C)(C)C)=CC2=O)cc1. The topological polar surface area (TPSA) is 51.2 Å². The summed E-state index contributed by atoms with van der Waals surface area (Å²) in [7, 11) is -1.62. The fraction of sp³-hybridized carbons (Fsp3) is 0.294. The van der Waals surface area contributed by atoms with E-state index >= 15 is 0 Å². The summed E-state index contributed by atoms with van der Waals surface area (Å²) in [6.07, 6.45) is 2.54. The molecule has 3 nitrogen and oxygen atoms in total. The van der Waals surface area contributed by atoms with Crippen LogP contribution in [0, 0.1) is 12.3 Å². The first-order valence-electron chi connectivity index (χ1n) is 6.71. The van der Waals surface area contributed by atoms with Gasteiger partial charge in [-0.25, -0.2) is 4.21 Å². The van der Waals surface area contributed by atoms with Gasteiger partial charge in [-0.15, -0.1) is 0 Å². The number of hydrogen-bond acceptors (Lipinski definition) is 3. The highest BCUT2D eigenvalue weighted by Crippen LogP contribution is 2.31. The Balaban J connectivity index is 2.35. The molecule has 0 saturated carbocycles. The van der Waals surface area contributed by atoms with Crippen LogP contribution in [0.5, 0.6) is 0 Å². The monoisotopic (exact) mass is 302 g/mol. The fourth-order valence-corrected chi connectivity index (χ4v) is 3.15. The molecule has 2 rings (SSSR count). The Labute approximate surface area is 127 Å². The number of hydrogen-bond donors (Lipinski definition) is 0. The van der Waals surface area contributed by atoms with Crippen LogP contribution in [0.2, 0.25) is 0 Å². The van der Waals surface area contributed by atoms with Crippen LogP contribution < -0.4 is 0 Å². The highest BCUT2D eigenvalue weighted by Gasteiger charge is 2.30. The van der Waals surface area contributed by atoms with E-state index in [1.165, 1.54) is 12.2 Å². The summed E-state index contributed by atoms with van der Waals surface area (Å²) >= 11 is 0. The number of benzene rings is 1. The summed E-state index contributed by atoms with van der Waals surface area (Å²) in [4.78, 5) is 24.9. The van der Waals surface area contributed by atoms with Gasteiger partial charge in [0.05, 0.1) is 15.7 Å². The number of carbonyl (C=O) groups is 2. The lowest BCUT2D eigenvalue weighted by atomic mass is 9.81. The molecule has 0 aliphatic heterocycles. The summed E-state index contributed by atoms with van der Waals surface area (Å²) < 4.78 is 12.5. The van der Waals surface area contributed by atoms with Crippen LogP contribution in [-0.2, 0) is 20.4 Å². The fourth-order valence-electron chi connectivity index (χ4n) is 2.06. The third-order valence-corrected chi connectivity index (χ3v) is 4.71. The minimum Gasteiger partial charge on any atom is -0.290 e. The molecule has 1 unspecified atom stereocenters. The first-order valence-corrected chi connectivity index (χ1v) is 7.86.